The van der Waals surface area contributed by atoms with Gasteiger partial charge in [0.15, 0.2) is 37.7 Å². The number of fused-ring (bicyclic) bond motifs is 2. The molecular weight excluding hydrogens is 1850 g/mol. The number of nitrogens with one attached hydrogen (secondary N) is 4. The number of benzene rings is 5. The van der Waals surface area contributed by atoms with Gasteiger partial charge in [0.25, 0.3) is 11.8 Å². The molecule has 0 bridgehead atoms. The van der Waals surface area contributed by atoms with E-state index in [1.54, 1.807) is 60.7 Å². The van der Waals surface area contributed by atoms with Gasteiger partial charge >= 0.3 is 0 Å². The zero-order chi connectivity index (χ0) is 100. The summed E-state index contributed by atoms with van der Waals surface area (Å²) in [7, 11) is 0. The maximum Gasteiger partial charge on any atom is 0.251 e. The standard InChI is InChI=1S/C88H118N4O46/c1-33-57(105)63(111)65(113)81(125-33)133-73-55(91-77(117)43-18-16-39-12-5-7-14-41(39)21-43)79(129-51(29-97)69(73)131-83-67(115)75(61(109)49(27-95)127-83)137-87(85(119)120)23-45(101)53(89-35(3)99)71(135-87)59(107)47(103)25-93)123-31-37-10-9-11-38(20-37)32-124-80-56(92-78(118)44-19-17-40-13-6-8-15-42(40)22-44)74(134-82-66(114)64(112)58(106)34(2)126-82)70(52(30-98)130-80)132-84-68(116)76(62(110)50(28-96)128-84)138-88(86(121)122)24-46(102)54(90-36(4)100)72(136-88)60(108)48(104)26-94/h5-22,33-34,45-76,79-84,93-98,101-116H,23-32H2,1-4H3,(H,89,99)(H,90,100)(H,91,117)(H,92,118)(H,119,120)(H,121,122)/p-2/t33-,34+,45+,46-,47-,48-,49-,50+,51-,52+,53+,54-,55-,56+,57+,58-,59-,60-,61-,62+,63-,64+,65-,66+,67-,68+,69+,70-,71+,72-,73+,74-,75-,76+,79+,80-,81-,82+,83-,84+,87-,88+/m1/s1. The van der Waals surface area contributed by atoms with Gasteiger partial charge in [-0.25, -0.2) is 0 Å². The molecule has 0 saturated carbocycles. The van der Waals surface area contributed by atoms with E-state index in [0.29, 0.717) is 21.5 Å². The zero-order valence-electron chi connectivity index (χ0n) is 74.2. The van der Waals surface area contributed by atoms with Crippen LogP contribution in [0.1, 0.15) is 72.4 Å². The second-order valence-corrected chi connectivity index (χ2v) is 35.1. The predicted octanol–water partition coefficient (Wildman–Crippen LogP) is -13.5. The lowest BCUT2D eigenvalue weighted by atomic mass is 9.88. The Labute approximate surface area is 784 Å². The SMILES string of the molecule is CC(=O)N[C@@H]1[C@@H]([C@H](O)[C@H](O)CO)O[C@](O[C@H]2[C@@H](O)[C@@H](O[C@@H]3[C@@H](O[C@H]4O[C@H](C)[C@H](O)[C@@H](O)[C@H]4O)[C@@H](NC(=O)c4ccc5ccccc5c4)[C@@H](OCc4cccc(CO[C@@H]5O[C@@H](CO)[C@@H](O[C@@H]6O[C@@H](CO)[C@H](O)[C@H](O[C@]7(C(=O)[O-])C[C@@H](O)[C@@H](NC(C)=O)[C@H]([C@H](O)[C@H](O)CO)O7)[C@@H]6O)[C@H](O[C@@H]6O[C@@H](C)[C@@H](O)[C@H](O)[C@@H]6O)[C@@H]5NC(=O)c5ccc6ccccc6c5)c4)O[C@@H]3CO)O[C@H](CO)[C@H]2O)(C(=O)[O-])C[C@@H]1O. The predicted molar refractivity (Wildman–Crippen MR) is 447 cm³/mol. The van der Waals surface area contributed by atoms with Gasteiger partial charge in [-0.2, -0.15) is 0 Å². The molecule has 13 rings (SSSR count). The van der Waals surface area contributed by atoms with Crippen molar-refractivity contribution in [3.63, 3.8) is 0 Å². The third-order valence-electron chi connectivity index (χ3n) is 25.5. The van der Waals surface area contributed by atoms with Crippen molar-refractivity contribution in [3.05, 3.63) is 131 Å². The topological polar surface area (TPSA) is 789 Å². The number of aliphatic hydroxyl groups is 22. The van der Waals surface area contributed by atoms with Gasteiger partial charge in [0.2, 0.25) is 23.4 Å². The molecular formula is C88H116N4O46-2. The highest BCUT2D eigenvalue weighted by Crippen LogP contribution is 2.44. The Morgan fingerprint density at radius 2 is 0.717 bits per heavy atom. The zero-order valence-corrected chi connectivity index (χ0v) is 74.2. The minimum Gasteiger partial charge on any atom is -0.544 e. The molecule has 5 aromatic carbocycles. The highest BCUT2D eigenvalue weighted by molar-refractivity contribution is 6.00. The quantitative estimate of drug-likeness (QED) is 0.0177. The largest absolute Gasteiger partial charge is 0.544 e. The molecule has 0 aliphatic carbocycles. The molecule has 5 aromatic rings. The number of rotatable bonds is 36. The van der Waals surface area contributed by atoms with E-state index in [2.05, 4.69) is 21.3 Å². The van der Waals surface area contributed by atoms with Gasteiger partial charge in [-0.15, -0.1) is 0 Å². The number of ether oxygens (including phenoxy) is 16. The van der Waals surface area contributed by atoms with Crippen molar-refractivity contribution >= 4 is 57.1 Å². The maximum absolute atomic E-state index is 15.2. The van der Waals surface area contributed by atoms with Gasteiger partial charge in [0, 0.05) is 37.8 Å². The molecule has 8 aliphatic rings. The van der Waals surface area contributed by atoms with Crippen molar-refractivity contribution in [2.45, 2.75) is 310 Å². The number of carboxylic acid groups (broad SMARTS) is 2. The second kappa shape index (κ2) is 46.1. The fourth-order valence-corrected chi connectivity index (χ4v) is 18.0. The molecule has 0 unspecified atom stereocenters. The molecule has 766 valence electrons. The number of carbonyl (C=O) groups is 6. The van der Waals surface area contributed by atoms with Crippen molar-refractivity contribution in [1.82, 2.24) is 21.3 Å². The van der Waals surface area contributed by atoms with Crippen LogP contribution in [0.25, 0.3) is 21.5 Å². The van der Waals surface area contributed by atoms with E-state index in [-0.39, 0.29) is 22.3 Å². The third-order valence-corrected chi connectivity index (χ3v) is 25.5. The highest BCUT2D eigenvalue weighted by Gasteiger charge is 2.63. The van der Waals surface area contributed by atoms with E-state index >= 15 is 9.59 Å². The Balaban J connectivity index is 0.836. The molecule has 0 spiro atoms. The van der Waals surface area contributed by atoms with Crippen molar-refractivity contribution in [2.24, 2.45) is 0 Å². The van der Waals surface area contributed by atoms with Crippen LogP contribution in [0.4, 0.5) is 0 Å². The molecule has 4 amide bonds. The fourth-order valence-electron chi connectivity index (χ4n) is 18.0. The first-order chi connectivity index (χ1) is 65.6. The average Bonchev–Trinajstić information content (AvgIpc) is 0.749. The Bertz CT molecular complexity index is 4630. The summed E-state index contributed by atoms with van der Waals surface area (Å²) in [4.78, 5) is 82.1. The fraction of sp³-hybridized carbons (Fsp3) is 0.636. The van der Waals surface area contributed by atoms with E-state index in [0.717, 1.165) is 13.8 Å². The lowest BCUT2D eigenvalue weighted by molar-refractivity contribution is -0.413. The number of amides is 4. The van der Waals surface area contributed by atoms with Crippen LogP contribution in [0.15, 0.2) is 109 Å². The first kappa shape index (κ1) is 107. The van der Waals surface area contributed by atoms with Crippen LogP contribution in [0, 0.1) is 0 Å². The van der Waals surface area contributed by atoms with Gasteiger partial charge in [0.1, 0.15) is 183 Å². The van der Waals surface area contributed by atoms with Gasteiger partial charge in [-0.3, -0.25) is 19.2 Å². The summed E-state index contributed by atoms with van der Waals surface area (Å²) in [6.45, 7) is -3.98. The Morgan fingerprint density at radius 1 is 0.377 bits per heavy atom. The third kappa shape index (κ3) is 23.2. The van der Waals surface area contributed by atoms with Crippen LogP contribution in [0.2, 0.25) is 0 Å². The van der Waals surface area contributed by atoms with Gasteiger partial charge < -0.3 is 229 Å². The molecule has 50 heteroatoms. The van der Waals surface area contributed by atoms with Crippen LogP contribution in [-0.4, -0.2) is 444 Å². The van der Waals surface area contributed by atoms with Crippen molar-refractivity contribution in [2.75, 3.05) is 39.6 Å². The normalized spacial score (nSPS) is 39.4. The van der Waals surface area contributed by atoms with Crippen molar-refractivity contribution < 1.29 is 227 Å². The van der Waals surface area contributed by atoms with Gasteiger partial charge in [-0.1, -0.05) is 84.9 Å². The summed E-state index contributed by atoms with van der Waals surface area (Å²) in [5, 5.41) is 287. The molecule has 0 aromatic heterocycles. The molecule has 0 radical (unpaired) electrons. The summed E-state index contributed by atoms with van der Waals surface area (Å²) in [5.41, 5.74) is 0.252. The minimum absolute atomic E-state index is 0.0555. The van der Waals surface area contributed by atoms with E-state index in [1.165, 1.54) is 62.4 Å². The lowest BCUT2D eigenvalue weighted by Gasteiger charge is -2.53. The molecule has 8 heterocycles. The van der Waals surface area contributed by atoms with E-state index in [9.17, 15) is 142 Å². The number of carboxylic acids is 2. The number of hydrogen-bond donors (Lipinski definition) is 26. The van der Waals surface area contributed by atoms with E-state index in [1.807, 2.05) is 0 Å². The summed E-state index contributed by atoms with van der Waals surface area (Å²) in [6, 6.07) is 21.3. The molecule has 42 atom stereocenters. The van der Waals surface area contributed by atoms with Gasteiger partial charge in [0.05, 0.1) is 89.4 Å². The Kier molecular flexibility index (Phi) is 35.8. The van der Waals surface area contributed by atoms with E-state index < -0.39 is 358 Å². The average molecular weight is 1970 g/mol. The molecule has 26 N–H and O–H groups in total. The van der Waals surface area contributed by atoms with Crippen LogP contribution in [0.5, 0.6) is 0 Å². The first-order valence-electron chi connectivity index (χ1n) is 44.3. The molecule has 8 aliphatic heterocycles. The Hall–Kier alpha value is -8.08. The van der Waals surface area contributed by atoms with Crippen LogP contribution >= 0.6 is 0 Å². The number of aliphatic carboxylic acids is 2. The molecule has 138 heavy (non-hydrogen) atoms. The van der Waals surface area contributed by atoms with Crippen molar-refractivity contribution in [3.8, 4) is 0 Å². The molecule has 8 saturated heterocycles. The summed E-state index contributed by atoms with van der Waals surface area (Å²) >= 11 is 0. The highest BCUT2D eigenvalue weighted by atomic mass is 16.8. The number of carbonyl (C=O) groups excluding carboxylic acids is 6. The summed E-state index contributed by atoms with van der Waals surface area (Å²) in [6.07, 6.45) is -78.8. The first-order valence-corrected chi connectivity index (χ1v) is 44.3. The molecule has 50 nitrogen and oxygen atoms in total. The smallest absolute Gasteiger partial charge is 0.251 e. The monoisotopic (exact) mass is 1960 g/mol. The van der Waals surface area contributed by atoms with Crippen LogP contribution in [-0.2, 0) is 108 Å². The lowest BCUT2D eigenvalue weighted by Crippen LogP contribution is -2.72. The Morgan fingerprint density at radius 3 is 1.06 bits per heavy atom. The van der Waals surface area contributed by atoms with Crippen LogP contribution < -0.4 is 31.5 Å². The van der Waals surface area contributed by atoms with Gasteiger partial charge in [-0.05, 0) is 70.8 Å². The van der Waals surface area contributed by atoms with Crippen molar-refractivity contribution in [1.29, 1.82) is 0 Å². The maximum atomic E-state index is 15.2. The molecule has 8 fully saturated rings. The summed E-state index contributed by atoms with van der Waals surface area (Å²) < 4.78 is 99.3. The number of hydrogen-bond acceptors (Lipinski definition) is 46. The van der Waals surface area contributed by atoms with E-state index in [4.69, 9.17) is 75.8 Å². The second-order valence-electron chi connectivity index (χ2n) is 35.1. The minimum atomic E-state index is -3.42. The number of aliphatic hydroxyl groups excluding tert-OH is 22. The van der Waals surface area contributed by atoms with Crippen LogP contribution in [0.3, 0.4) is 0 Å². The summed E-state index contributed by atoms with van der Waals surface area (Å²) in [5.74, 6) is -15.2.